The number of nitrogens with zero attached hydrogens (tertiary/aromatic N) is 2. The number of anilines is 3. The number of methoxy groups -OCH3 is 1. The van der Waals surface area contributed by atoms with Gasteiger partial charge in [0, 0.05) is 23.9 Å². The van der Waals surface area contributed by atoms with Gasteiger partial charge >= 0.3 is 0 Å². The zero-order chi connectivity index (χ0) is 19.9. The predicted octanol–water partition coefficient (Wildman–Crippen LogP) is 4.94. The van der Waals surface area contributed by atoms with Crippen LogP contribution in [0.15, 0.2) is 54.6 Å². The van der Waals surface area contributed by atoms with Crippen molar-refractivity contribution < 1.29 is 9.47 Å². The molecule has 0 bridgehead atoms. The summed E-state index contributed by atoms with van der Waals surface area (Å²) in [6.45, 7) is 6.52. The zero-order valence-corrected chi connectivity index (χ0v) is 16.7. The standard InChI is InChI=1S/C22H26N4O2/c1-15(2)28-20-12-8-6-10-18(20)25-21-13-16(3)24-22(26-21)23-14-17-9-5-7-11-19(17)27-4/h5-13,15H,14H2,1-4H3,(H2,23,24,25,26). The van der Waals surface area contributed by atoms with Crippen LogP contribution in [0.25, 0.3) is 0 Å². The molecular weight excluding hydrogens is 352 g/mol. The van der Waals surface area contributed by atoms with Gasteiger partial charge in [-0.1, -0.05) is 30.3 Å². The molecular formula is C22H26N4O2. The van der Waals surface area contributed by atoms with Crippen LogP contribution < -0.4 is 20.1 Å². The van der Waals surface area contributed by atoms with Crippen molar-refractivity contribution in [3.8, 4) is 11.5 Å². The molecule has 0 saturated heterocycles. The molecule has 28 heavy (non-hydrogen) atoms. The number of ether oxygens (including phenoxy) is 2. The minimum atomic E-state index is 0.0909. The van der Waals surface area contributed by atoms with Crippen molar-refractivity contribution in [3.05, 3.63) is 65.9 Å². The maximum Gasteiger partial charge on any atom is 0.225 e. The maximum atomic E-state index is 5.87. The third kappa shape index (κ3) is 5.13. The first-order valence-corrected chi connectivity index (χ1v) is 9.29. The highest BCUT2D eigenvalue weighted by atomic mass is 16.5. The van der Waals surface area contributed by atoms with Gasteiger partial charge in [0.1, 0.15) is 17.3 Å². The van der Waals surface area contributed by atoms with E-state index in [1.807, 2.05) is 75.4 Å². The first-order chi connectivity index (χ1) is 13.5. The van der Waals surface area contributed by atoms with Gasteiger partial charge < -0.3 is 20.1 Å². The van der Waals surface area contributed by atoms with Crippen LogP contribution in [0.2, 0.25) is 0 Å². The highest BCUT2D eigenvalue weighted by Gasteiger charge is 2.09. The first kappa shape index (κ1) is 19.5. The predicted molar refractivity (Wildman–Crippen MR) is 113 cm³/mol. The van der Waals surface area contributed by atoms with E-state index in [0.717, 1.165) is 28.4 Å². The number of aromatic nitrogens is 2. The second-order valence-electron chi connectivity index (χ2n) is 6.67. The van der Waals surface area contributed by atoms with Crippen LogP contribution >= 0.6 is 0 Å². The van der Waals surface area contributed by atoms with E-state index in [-0.39, 0.29) is 6.10 Å². The summed E-state index contributed by atoms with van der Waals surface area (Å²) in [5.41, 5.74) is 2.77. The highest BCUT2D eigenvalue weighted by molar-refractivity contribution is 5.64. The summed E-state index contributed by atoms with van der Waals surface area (Å²) in [6.07, 6.45) is 0.0909. The van der Waals surface area contributed by atoms with Gasteiger partial charge in [-0.15, -0.1) is 0 Å². The van der Waals surface area contributed by atoms with Crippen molar-refractivity contribution in [2.75, 3.05) is 17.7 Å². The molecule has 0 amide bonds. The highest BCUT2D eigenvalue weighted by Crippen LogP contribution is 2.28. The van der Waals surface area contributed by atoms with Crippen LogP contribution in [-0.4, -0.2) is 23.2 Å². The fraction of sp³-hybridized carbons (Fsp3) is 0.273. The molecule has 3 rings (SSSR count). The normalized spacial score (nSPS) is 10.6. The average Bonchev–Trinajstić information content (AvgIpc) is 2.67. The molecule has 0 aliphatic carbocycles. The SMILES string of the molecule is COc1ccccc1CNc1nc(C)cc(Nc2ccccc2OC(C)C)n1. The number of rotatable bonds is 8. The lowest BCUT2D eigenvalue weighted by molar-refractivity contribution is 0.244. The maximum absolute atomic E-state index is 5.87. The Morgan fingerprint density at radius 1 is 0.964 bits per heavy atom. The van der Waals surface area contributed by atoms with Gasteiger partial charge in [-0.3, -0.25) is 0 Å². The van der Waals surface area contributed by atoms with Crippen LogP contribution in [-0.2, 0) is 6.54 Å². The largest absolute Gasteiger partial charge is 0.496 e. The van der Waals surface area contributed by atoms with Gasteiger partial charge in [0.15, 0.2) is 0 Å². The molecule has 0 unspecified atom stereocenters. The van der Waals surface area contributed by atoms with Gasteiger partial charge in [-0.05, 0) is 39.0 Å². The van der Waals surface area contributed by atoms with Crippen LogP contribution in [0.1, 0.15) is 25.1 Å². The molecule has 0 atom stereocenters. The molecule has 2 N–H and O–H groups in total. The molecule has 1 aromatic heterocycles. The van der Waals surface area contributed by atoms with E-state index >= 15 is 0 Å². The third-order valence-corrected chi connectivity index (χ3v) is 4.00. The van der Waals surface area contributed by atoms with E-state index in [2.05, 4.69) is 20.6 Å². The molecule has 0 radical (unpaired) electrons. The Morgan fingerprint density at radius 3 is 2.43 bits per heavy atom. The first-order valence-electron chi connectivity index (χ1n) is 9.29. The van der Waals surface area contributed by atoms with Crippen molar-refractivity contribution in [3.63, 3.8) is 0 Å². The number of benzene rings is 2. The Kier molecular flexibility index (Phi) is 6.32. The van der Waals surface area contributed by atoms with Gasteiger partial charge in [-0.2, -0.15) is 4.98 Å². The van der Waals surface area contributed by atoms with E-state index in [0.29, 0.717) is 18.3 Å². The van der Waals surface area contributed by atoms with Crippen LogP contribution in [0.5, 0.6) is 11.5 Å². The zero-order valence-electron chi connectivity index (χ0n) is 16.7. The van der Waals surface area contributed by atoms with Gasteiger partial charge in [0.05, 0.1) is 18.9 Å². The number of hydrogen-bond donors (Lipinski definition) is 2. The molecule has 146 valence electrons. The fourth-order valence-electron chi connectivity index (χ4n) is 2.80. The molecule has 1 heterocycles. The second kappa shape index (κ2) is 9.08. The second-order valence-corrected chi connectivity index (χ2v) is 6.67. The van der Waals surface area contributed by atoms with Crippen LogP contribution in [0.4, 0.5) is 17.5 Å². The van der Waals surface area contributed by atoms with E-state index in [1.165, 1.54) is 0 Å². The lowest BCUT2D eigenvalue weighted by Gasteiger charge is -2.16. The summed E-state index contributed by atoms with van der Waals surface area (Å²) in [6, 6.07) is 17.6. The van der Waals surface area contributed by atoms with Gasteiger partial charge in [0.25, 0.3) is 0 Å². The molecule has 0 saturated carbocycles. The lowest BCUT2D eigenvalue weighted by atomic mass is 10.2. The quantitative estimate of drug-likeness (QED) is 0.579. The molecule has 6 heteroatoms. The summed E-state index contributed by atoms with van der Waals surface area (Å²) in [5.74, 6) is 2.88. The Balaban J connectivity index is 1.77. The van der Waals surface area contributed by atoms with Crippen molar-refractivity contribution in [1.82, 2.24) is 9.97 Å². The topological polar surface area (TPSA) is 68.3 Å². The minimum Gasteiger partial charge on any atom is -0.496 e. The average molecular weight is 378 g/mol. The lowest BCUT2D eigenvalue weighted by Crippen LogP contribution is -2.09. The van der Waals surface area contributed by atoms with Crippen molar-refractivity contribution in [2.24, 2.45) is 0 Å². The monoisotopic (exact) mass is 378 g/mol. The minimum absolute atomic E-state index is 0.0909. The van der Waals surface area contributed by atoms with Gasteiger partial charge in [0.2, 0.25) is 5.95 Å². The van der Waals surface area contributed by atoms with E-state index in [9.17, 15) is 0 Å². The summed E-state index contributed by atoms with van der Waals surface area (Å²) >= 11 is 0. The van der Waals surface area contributed by atoms with Gasteiger partial charge in [-0.25, -0.2) is 4.98 Å². The van der Waals surface area contributed by atoms with Crippen LogP contribution in [0.3, 0.4) is 0 Å². The van der Waals surface area contributed by atoms with E-state index in [4.69, 9.17) is 9.47 Å². The molecule has 6 nitrogen and oxygen atoms in total. The van der Waals surface area contributed by atoms with E-state index < -0.39 is 0 Å². The molecule has 0 aliphatic rings. The van der Waals surface area contributed by atoms with Crippen LogP contribution in [0, 0.1) is 6.92 Å². The summed E-state index contributed by atoms with van der Waals surface area (Å²) in [5, 5.41) is 6.62. The Labute approximate surface area is 166 Å². The summed E-state index contributed by atoms with van der Waals surface area (Å²) in [7, 11) is 1.67. The number of nitrogens with one attached hydrogen (secondary N) is 2. The van der Waals surface area contributed by atoms with Crippen molar-refractivity contribution in [2.45, 2.75) is 33.4 Å². The Bertz CT molecular complexity index is 928. The smallest absolute Gasteiger partial charge is 0.225 e. The molecule has 0 aliphatic heterocycles. The third-order valence-electron chi connectivity index (χ3n) is 4.00. The summed E-state index contributed by atoms with van der Waals surface area (Å²) < 4.78 is 11.3. The van der Waals surface area contributed by atoms with E-state index in [1.54, 1.807) is 7.11 Å². The van der Waals surface area contributed by atoms with Crippen molar-refractivity contribution >= 4 is 17.5 Å². The number of hydrogen-bond acceptors (Lipinski definition) is 6. The molecule has 0 spiro atoms. The molecule has 2 aromatic carbocycles. The number of aryl methyl sites for hydroxylation is 1. The summed E-state index contributed by atoms with van der Waals surface area (Å²) in [4.78, 5) is 9.07. The molecule has 0 fully saturated rings. The Hall–Kier alpha value is -3.28. The number of para-hydroxylation sites is 3. The Morgan fingerprint density at radius 2 is 1.68 bits per heavy atom. The fourth-order valence-corrected chi connectivity index (χ4v) is 2.80. The van der Waals surface area contributed by atoms with Crippen molar-refractivity contribution in [1.29, 1.82) is 0 Å². The molecule has 3 aromatic rings.